The predicted octanol–water partition coefficient (Wildman–Crippen LogP) is 6.97. The highest BCUT2D eigenvalue weighted by Crippen LogP contribution is 2.34. The maximum atomic E-state index is 14.1. The molecule has 0 spiro atoms. The number of carbonyl (C=O) groups excluding carboxylic acids is 2. The zero-order valence-electron chi connectivity index (χ0n) is 20.8. The molecular weight excluding hydrogens is 550 g/mol. The van der Waals surface area contributed by atoms with Crippen LogP contribution in [0.2, 0.25) is 5.02 Å². The van der Waals surface area contributed by atoms with Crippen LogP contribution in [0.15, 0.2) is 83.3 Å². The highest BCUT2D eigenvalue weighted by Gasteiger charge is 2.31. The molecule has 5 rings (SSSR count). The monoisotopic (exact) mass is 571 g/mol. The van der Waals surface area contributed by atoms with Gasteiger partial charge in [-0.15, -0.1) is 0 Å². The molecule has 206 valence electrons. The SMILES string of the molecule is O=C(Nc1cc(Cl)ccc1N1CCN(C(=O)c2ccccc2F)CC1)c1ccc(-c2cccc(C(F)(F)F)c2)o1. The van der Waals surface area contributed by atoms with E-state index in [0.29, 0.717) is 42.6 Å². The van der Waals surface area contributed by atoms with Gasteiger partial charge in [0.2, 0.25) is 0 Å². The maximum absolute atomic E-state index is 14.1. The van der Waals surface area contributed by atoms with Crippen molar-refractivity contribution in [3.63, 3.8) is 0 Å². The third-order valence-electron chi connectivity index (χ3n) is 6.52. The van der Waals surface area contributed by atoms with Crippen molar-refractivity contribution < 1.29 is 31.6 Å². The van der Waals surface area contributed by atoms with Gasteiger partial charge in [0.15, 0.2) is 5.76 Å². The number of alkyl halides is 3. The lowest BCUT2D eigenvalue weighted by molar-refractivity contribution is -0.137. The van der Waals surface area contributed by atoms with Crippen LogP contribution in [0.4, 0.5) is 28.9 Å². The summed E-state index contributed by atoms with van der Waals surface area (Å²) in [5.74, 6) is -1.57. The summed E-state index contributed by atoms with van der Waals surface area (Å²) in [6, 6.07) is 18.2. The van der Waals surface area contributed by atoms with Crippen LogP contribution in [0.5, 0.6) is 0 Å². The van der Waals surface area contributed by atoms with E-state index in [1.807, 2.05) is 4.90 Å². The van der Waals surface area contributed by atoms with Crippen LogP contribution < -0.4 is 10.2 Å². The molecule has 1 aliphatic rings. The quantitative estimate of drug-likeness (QED) is 0.263. The minimum absolute atomic E-state index is 0.0124. The fourth-order valence-corrected chi connectivity index (χ4v) is 4.66. The number of nitrogens with one attached hydrogen (secondary N) is 1. The van der Waals surface area contributed by atoms with Crippen molar-refractivity contribution in [2.75, 3.05) is 36.4 Å². The van der Waals surface area contributed by atoms with Gasteiger partial charge >= 0.3 is 6.18 Å². The Bertz CT molecular complexity index is 1560. The van der Waals surface area contributed by atoms with Gasteiger partial charge in [-0.05, 0) is 54.6 Å². The fourth-order valence-electron chi connectivity index (χ4n) is 4.49. The van der Waals surface area contributed by atoms with Crippen LogP contribution in [-0.2, 0) is 6.18 Å². The molecule has 1 fully saturated rings. The van der Waals surface area contributed by atoms with E-state index in [0.717, 1.165) is 12.1 Å². The largest absolute Gasteiger partial charge is 0.451 e. The van der Waals surface area contributed by atoms with E-state index in [1.54, 1.807) is 29.2 Å². The molecule has 0 aliphatic carbocycles. The molecule has 0 saturated carbocycles. The number of hydrogen-bond donors (Lipinski definition) is 1. The van der Waals surface area contributed by atoms with E-state index in [2.05, 4.69) is 5.32 Å². The van der Waals surface area contributed by atoms with Crippen molar-refractivity contribution in [3.05, 3.63) is 107 Å². The summed E-state index contributed by atoms with van der Waals surface area (Å²) in [4.78, 5) is 29.3. The van der Waals surface area contributed by atoms with Crippen LogP contribution in [0.1, 0.15) is 26.5 Å². The number of amides is 2. The zero-order chi connectivity index (χ0) is 28.4. The molecular formula is C29H22ClF4N3O3. The highest BCUT2D eigenvalue weighted by molar-refractivity contribution is 6.31. The summed E-state index contributed by atoms with van der Waals surface area (Å²) in [5, 5.41) is 3.14. The molecule has 6 nitrogen and oxygen atoms in total. The first-order chi connectivity index (χ1) is 19.1. The third kappa shape index (κ3) is 5.81. The first-order valence-corrected chi connectivity index (χ1v) is 12.6. The summed E-state index contributed by atoms with van der Waals surface area (Å²) in [5.41, 5.74) is 0.411. The summed E-state index contributed by atoms with van der Waals surface area (Å²) in [7, 11) is 0. The van der Waals surface area contributed by atoms with E-state index in [9.17, 15) is 27.2 Å². The molecule has 1 aromatic heterocycles. The summed E-state index contributed by atoms with van der Waals surface area (Å²) in [6.45, 7) is 1.51. The topological polar surface area (TPSA) is 65.8 Å². The molecule has 2 heterocycles. The molecule has 1 N–H and O–H groups in total. The van der Waals surface area contributed by atoms with E-state index in [1.165, 1.54) is 42.5 Å². The van der Waals surface area contributed by atoms with Gasteiger partial charge in [-0.25, -0.2) is 4.39 Å². The van der Waals surface area contributed by atoms with Gasteiger partial charge in [0.1, 0.15) is 11.6 Å². The number of nitrogens with zero attached hydrogens (tertiary/aromatic N) is 2. The number of hydrogen-bond acceptors (Lipinski definition) is 4. The molecule has 3 aromatic carbocycles. The van der Waals surface area contributed by atoms with Crippen molar-refractivity contribution in [3.8, 4) is 11.3 Å². The van der Waals surface area contributed by atoms with Crippen LogP contribution in [-0.4, -0.2) is 42.9 Å². The maximum Gasteiger partial charge on any atom is 0.416 e. The van der Waals surface area contributed by atoms with E-state index in [-0.39, 0.29) is 22.6 Å². The minimum Gasteiger partial charge on any atom is -0.451 e. The number of benzene rings is 3. The Morgan fingerprint density at radius 2 is 1.62 bits per heavy atom. The van der Waals surface area contributed by atoms with Crippen LogP contribution in [0.25, 0.3) is 11.3 Å². The molecule has 2 amide bonds. The Balaban J connectivity index is 1.29. The average molecular weight is 572 g/mol. The first kappa shape index (κ1) is 27.3. The number of furan rings is 1. The van der Waals surface area contributed by atoms with Crippen LogP contribution in [0, 0.1) is 5.82 Å². The Morgan fingerprint density at radius 1 is 0.875 bits per heavy atom. The van der Waals surface area contributed by atoms with Gasteiger partial charge in [-0.2, -0.15) is 13.2 Å². The first-order valence-electron chi connectivity index (χ1n) is 12.3. The molecule has 0 atom stereocenters. The number of piperazine rings is 1. The van der Waals surface area contributed by atoms with Crippen molar-refractivity contribution in [1.82, 2.24) is 4.90 Å². The second-order valence-electron chi connectivity index (χ2n) is 9.12. The standard InChI is InChI=1S/C29H22ClF4N3O3/c30-20-8-9-24(36-12-14-37(15-13-36)28(39)21-6-1-2-7-22(21)31)23(17-20)35-27(38)26-11-10-25(40-26)18-4-3-5-19(16-18)29(32,33)34/h1-11,16-17H,12-15H2,(H,35,38). The van der Waals surface area contributed by atoms with Gasteiger partial charge < -0.3 is 19.5 Å². The third-order valence-corrected chi connectivity index (χ3v) is 6.76. The molecule has 1 aliphatic heterocycles. The van der Waals surface area contributed by atoms with Crippen LogP contribution in [0.3, 0.4) is 0 Å². The fraction of sp³-hybridized carbons (Fsp3) is 0.172. The molecule has 4 aromatic rings. The minimum atomic E-state index is -4.51. The van der Waals surface area contributed by atoms with E-state index < -0.39 is 29.4 Å². The lowest BCUT2D eigenvalue weighted by atomic mass is 10.1. The Labute approximate surface area is 231 Å². The summed E-state index contributed by atoms with van der Waals surface area (Å²) >= 11 is 6.19. The van der Waals surface area contributed by atoms with Gasteiger partial charge in [0.25, 0.3) is 11.8 Å². The van der Waals surface area contributed by atoms with E-state index in [4.69, 9.17) is 16.0 Å². The van der Waals surface area contributed by atoms with Crippen molar-refractivity contribution in [2.45, 2.75) is 6.18 Å². The molecule has 0 bridgehead atoms. The van der Waals surface area contributed by atoms with Crippen molar-refractivity contribution in [2.24, 2.45) is 0 Å². The van der Waals surface area contributed by atoms with Crippen molar-refractivity contribution in [1.29, 1.82) is 0 Å². The van der Waals surface area contributed by atoms with E-state index >= 15 is 0 Å². The second kappa shape index (κ2) is 11.1. The number of anilines is 2. The number of halogens is 5. The van der Waals surface area contributed by atoms with Crippen molar-refractivity contribution >= 4 is 34.8 Å². The lowest BCUT2D eigenvalue weighted by Crippen LogP contribution is -2.49. The van der Waals surface area contributed by atoms with Gasteiger partial charge in [-0.3, -0.25) is 9.59 Å². The van der Waals surface area contributed by atoms with Crippen LogP contribution >= 0.6 is 11.6 Å². The molecule has 0 unspecified atom stereocenters. The second-order valence-corrected chi connectivity index (χ2v) is 9.55. The Morgan fingerprint density at radius 3 is 2.35 bits per heavy atom. The predicted molar refractivity (Wildman–Crippen MR) is 143 cm³/mol. The number of carbonyl (C=O) groups is 2. The molecule has 40 heavy (non-hydrogen) atoms. The summed E-state index contributed by atoms with van der Waals surface area (Å²) in [6.07, 6.45) is -4.51. The summed E-state index contributed by atoms with van der Waals surface area (Å²) < 4.78 is 58.9. The molecule has 1 saturated heterocycles. The normalized spacial score (nSPS) is 13.8. The Hall–Kier alpha value is -4.31. The zero-order valence-corrected chi connectivity index (χ0v) is 21.6. The average Bonchev–Trinajstić information content (AvgIpc) is 3.44. The van der Waals surface area contributed by atoms with Gasteiger partial charge in [0.05, 0.1) is 22.5 Å². The highest BCUT2D eigenvalue weighted by atomic mass is 35.5. The Kier molecular flexibility index (Phi) is 7.53. The smallest absolute Gasteiger partial charge is 0.416 e. The molecule has 11 heteroatoms. The lowest BCUT2D eigenvalue weighted by Gasteiger charge is -2.37. The molecule has 0 radical (unpaired) electrons. The number of rotatable bonds is 5. The van der Waals surface area contributed by atoms with Gasteiger partial charge in [-0.1, -0.05) is 35.9 Å². The van der Waals surface area contributed by atoms with Gasteiger partial charge in [0, 0.05) is 36.8 Å².